The van der Waals surface area contributed by atoms with Crippen LogP contribution in [0.4, 0.5) is 0 Å². The van der Waals surface area contributed by atoms with E-state index >= 15 is 0 Å². The largest absolute Gasteiger partial charge is 0.357 e. The first kappa shape index (κ1) is 21.9. The van der Waals surface area contributed by atoms with Gasteiger partial charge in [0.15, 0.2) is 11.6 Å². The van der Waals surface area contributed by atoms with Crippen LogP contribution >= 0.6 is 24.0 Å². The Balaban J connectivity index is 0.00000261. The van der Waals surface area contributed by atoms with E-state index in [1.807, 2.05) is 24.4 Å². The smallest absolute Gasteiger partial charge is 0.191 e. The van der Waals surface area contributed by atoms with Crippen molar-refractivity contribution in [2.75, 3.05) is 13.1 Å². The van der Waals surface area contributed by atoms with E-state index in [1.54, 1.807) is 0 Å². The molecule has 2 aromatic rings. The van der Waals surface area contributed by atoms with Gasteiger partial charge in [0.1, 0.15) is 5.82 Å². The summed E-state index contributed by atoms with van der Waals surface area (Å²) in [5.74, 6) is 2.83. The van der Waals surface area contributed by atoms with E-state index in [0.717, 1.165) is 49.3 Å². The molecule has 2 N–H and O–H groups in total. The number of hydrogen-bond donors (Lipinski definition) is 2. The normalized spacial score (nSPS) is 20.3. The highest BCUT2D eigenvalue weighted by Gasteiger charge is 2.21. The number of halogens is 1. The number of guanidine groups is 1. The van der Waals surface area contributed by atoms with E-state index in [2.05, 4.69) is 39.1 Å². The summed E-state index contributed by atoms with van der Waals surface area (Å²) >= 11 is 0. The molecule has 0 bridgehead atoms. The van der Waals surface area contributed by atoms with Gasteiger partial charge in [-0.25, -0.2) is 0 Å². The molecule has 3 rings (SSSR count). The summed E-state index contributed by atoms with van der Waals surface area (Å²) in [7, 11) is 0. The molecule has 0 aliphatic heterocycles. The third-order valence-corrected chi connectivity index (χ3v) is 5.26. The zero-order chi connectivity index (χ0) is 18.2. The lowest BCUT2D eigenvalue weighted by atomic mass is 9.84. The molecular weight excluding hydrogens is 451 g/mol. The highest BCUT2D eigenvalue weighted by atomic mass is 127. The van der Waals surface area contributed by atoms with Crippen molar-refractivity contribution in [3.8, 4) is 0 Å². The number of aliphatic imine (C=N–C) groups is 1. The Kier molecular flexibility index (Phi) is 9.30. The van der Waals surface area contributed by atoms with Crippen molar-refractivity contribution in [3.63, 3.8) is 0 Å². The predicted molar refractivity (Wildman–Crippen MR) is 122 cm³/mol. The predicted octanol–water partition coefficient (Wildman–Crippen LogP) is 3.80. The van der Waals surface area contributed by atoms with Crippen LogP contribution in [0.5, 0.6) is 0 Å². The lowest BCUT2D eigenvalue weighted by molar-refractivity contribution is 0.298. The lowest BCUT2D eigenvalue weighted by Crippen LogP contribution is -2.45. The number of fused-ring (bicyclic) bond motifs is 1. The minimum atomic E-state index is 0. The fourth-order valence-electron chi connectivity index (χ4n) is 3.80. The van der Waals surface area contributed by atoms with Crippen LogP contribution in [0.2, 0.25) is 0 Å². The monoisotopic (exact) mass is 484 g/mol. The highest BCUT2D eigenvalue weighted by molar-refractivity contribution is 14.0. The zero-order valence-electron chi connectivity index (χ0n) is 16.5. The van der Waals surface area contributed by atoms with Gasteiger partial charge in [-0.2, -0.15) is 0 Å². The summed E-state index contributed by atoms with van der Waals surface area (Å²) in [4.78, 5) is 4.77. The second-order valence-electron chi connectivity index (χ2n) is 7.19. The van der Waals surface area contributed by atoms with Crippen molar-refractivity contribution in [1.29, 1.82) is 0 Å². The number of aryl methyl sites for hydroxylation is 1. The van der Waals surface area contributed by atoms with Crippen LogP contribution < -0.4 is 10.6 Å². The molecular formula is C20H33IN6. The van der Waals surface area contributed by atoms with E-state index < -0.39 is 0 Å². The van der Waals surface area contributed by atoms with Gasteiger partial charge in [-0.3, -0.25) is 9.39 Å². The average molecular weight is 484 g/mol. The maximum Gasteiger partial charge on any atom is 0.191 e. The molecule has 1 fully saturated rings. The van der Waals surface area contributed by atoms with Crippen LogP contribution in [0.15, 0.2) is 29.4 Å². The van der Waals surface area contributed by atoms with Crippen molar-refractivity contribution < 1.29 is 0 Å². The molecule has 1 aliphatic carbocycles. The standard InChI is InChI=1S/C20H32N6.HI/c1-3-16-9-7-10-17(15-16)23-20(21-4-2)22-13-8-12-19-25-24-18-11-5-6-14-26(18)19;/h5-6,11,14,16-17H,3-4,7-10,12-13,15H2,1-2H3,(H2,21,22,23);1H. The van der Waals surface area contributed by atoms with E-state index in [9.17, 15) is 0 Å². The van der Waals surface area contributed by atoms with Gasteiger partial charge < -0.3 is 10.6 Å². The minimum absolute atomic E-state index is 0. The molecule has 2 unspecified atom stereocenters. The van der Waals surface area contributed by atoms with Crippen LogP contribution in [-0.2, 0) is 6.42 Å². The Hall–Kier alpha value is -1.38. The molecule has 6 nitrogen and oxygen atoms in total. The number of pyridine rings is 1. The first-order valence-electron chi connectivity index (χ1n) is 10.1. The van der Waals surface area contributed by atoms with Gasteiger partial charge in [0, 0.05) is 31.7 Å². The topological polar surface area (TPSA) is 66.6 Å². The molecule has 150 valence electrons. The first-order chi connectivity index (χ1) is 12.8. The van der Waals surface area contributed by atoms with Gasteiger partial charge in [0.05, 0.1) is 0 Å². The maximum atomic E-state index is 4.77. The van der Waals surface area contributed by atoms with Gasteiger partial charge >= 0.3 is 0 Å². The molecule has 0 amide bonds. The van der Waals surface area contributed by atoms with Crippen LogP contribution in [0.3, 0.4) is 0 Å². The van der Waals surface area contributed by atoms with E-state index in [0.29, 0.717) is 6.04 Å². The SMILES string of the molecule is CCNC(=NCCCc1nnc2ccccn12)NC1CCCC(CC)C1.I. The number of aromatic nitrogens is 3. The summed E-state index contributed by atoms with van der Waals surface area (Å²) < 4.78 is 2.06. The molecule has 2 aromatic heterocycles. The van der Waals surface area contributed by atoms with Crippen molar-refractivity contribution in [1.82, 2.24) is 25.2 Å². The van der Waals surface area contributed by atoms with E-state index in [-0.39, 0.29) is 24.0 Å². The Labute approximate surface area is 179 Å². The number of nitrogens with one attached hydrogen (secondary N) is 2. The quantitative estimate of drug-likeness (QED) is 0.272. The second kappa shape index (κ2) is 11.5. The molecule has 0 aromatic carbocycles. The first-order valence-corrected chi connectivity index (χ1v) is 10.1. The molecule has 1 saturated carbocycles. The fraction of sp³-hybridized carbons (Fsp3) is 0.650. The molecule has 0 saturated heterocycles. The van der Waals surface area contributed by atoms with Crippen LogP contribution in [0.1, 0.15) is 58.2 Å². The molecule has 2 heterocycles. The van der Waals surface area contributed by atoms with Crippen molar-refractivity contribution >= 4 is 35.6 Å². The Bertz CT molecular complexity index is 713. The maximum absolute atomic E-state index is 4.77. The van der Waals surface area contributed by atoms with Gasteiger partial charge in [0.2, 0.25) is 0 Å². The van der Waals surface area contributed by atoms with Crippen LogP contribution in [0, 0.1) is 5.92 Å². The van der Waals surface area contributed by atoms with Crippen LogP contribution in [0.25, 0.3) is 5.65 Å². The Morgan fingerprint density at radius 2 is 2.15 bits per heavy atom. The summed E-state index contributed by atoms with van der Waals surface area (Å²) in [6.07, 6.45) is 10.4. The van der Waals surface area contributed by atoms with Crippen LogP contribution in [-0.4, -0.2) is 39.7 Å². The molecule has 0 radical (unpaired) electrons. The lowest BCUT2D eigenvalue weighted by Gasteiger charge is -2.30. The fourth-order valence-corrected chi connectivity index (χ4v) is 3.80. The highest BCUT2D eigenvalue weighted by Crippen LogP contribution is 2.26. The van der Waals surface area contributed by atoms with E-state index in [4.69, 9.17) is 4.99 Å². The van der Waals surface area contributed by atoms with Crippen molar-refractivity contribution in [2.45, 2.75) is 64.8 Å². The summed E-state index contributed by atoms with van der Waals surface area (Å²) in [5, 5.41) is 15.5. The van der Waals surface area contributed by atoms with Gasteiger partial charge in [0.25, 0.3) is 0 Å². The van der Waals surface area contributed by atoms with Crippen molar-refractivity contribution in [3.05, 3.63) is 30.2 Å². The molecule has 27 heavy (non-hydrogen) atoms. The van der Waals surface area contributed by atoms with Gasteiger partial charge in [-0.15, -0.1) is 34.2 Å². The van der Waals surface area contributed by atoms with Crippen molar-refractivity contribution in [2.24, 2.45) is 10.9 Å². The Morgan fingerprint density at radius 3 is 2.96 bits per heavy atom. The summed E-state index contributed by atoms with van der Waals surface area (Å²) in [6, 6.07) is 6.54. The number of nitrogens with zero attached hydrogens (tertiary/aromatic N) is 4. The molecule has 2 atom stereocenters. The van der Waals surface area contributed by atoms with Gasteiger partial charge in [-0.05, 0) is 44.2 Å². The average Bonchev–Trinajstić information content (AvgIpc) is 3.09. The molecule has 7 heteroatoms. The van der Waals surface area contributed by atoms with Gasteiger partial charge in [-0.1, -0.05) is 32.3 Å². The molecule has 0 spiro atoms. The minimum Gasteiger partial charge on any atom is -0.357 e. The Morgan fingerprint density at radius 1 is 1.26 bits per heavy atom. The second-order valence-corrected chi connectivity index (χ2v) is 7.19. The summed E-state index contributed by atoms with van der Waals surface area (Å²) in [6.45, 7) is 6.11. The number of hydrogen-bond acceptors (Lipinski definition) is 3. The molecule has 1 aliphatic rings. The third kappa shape index (κ3) is 6.33. The zero-order valence-corrected chi connectivity index (χ0v) is 18.9. The number of rotatable bonds is 7. The summed E-state index contributed by atoms with van der Waals surface area (Å²) in [5.41, 5.74) is 0.906. The van der Waals surface area contributed by atoms with E-state index in [1.165, 1.54) is 32.1 Å². The third-order valence-electron chi connectivity index (χ3n) is 5.26.